The molecule has 0 aliphatic heterocycles. The number of nitrogen functional groups attached to an aromatic ring is 1. The van der Waals surface area contributed by atoms with Gasteiger partial charge in [-0.05, 0) is 24.1 Å². The van der Waals surface area contributed by atoms with Crippen LogP contribution in [0, 0.1) is 6.92 Å². The summed E-state index contributed by atoms with van der Waals surface area (Å²) in [6.07, 6.45) is 1.86. The number of nitrogens with zero attached hydrogens (tertiary/aromatic N) is 1. The number of thiazole rings is 1. The molecular formula is C10H10N2S. The van der Waals surface area contributed by atoms with E-state index in [9.17, 15) is 0 Å². The van der Waals surface area contributed by atoms with Crippen molar-refractivity contribution in [2.75, 3.05) is 5.73 Å². The van der Waals surface area contributed by atoms with Gasteiger partial charge in [-0.15, -0.1) is 11.3 Å². The SMILES string of the molecule is Cc1ccc(-c2cncs2)cc1N. The second-order valence-corrected chi connectivity index (χ2v) is 3.82. The van der Waals surface area contributed by atoms with Gasteiger partial charge in [0.1, 0.15) is 0 Å². The highest BCUT2D eigenvalue weighted by atomic mass is 32.1. The van der Waals surface area contributed by atoms with Gasteiger partial charge in [-0.1, -0.05) is 12.1 Å². The monoisotopic (exact) mass is 190 g/mol. The summed E-state index contributed by atoms with van der Waals surface area (Å²) in [4.78, 5) is 5.19. The number of anilines is 1. The van der Waals surface area contributed by atoms with Gasteiger partial charge in [0.25, 0.3) is 0 Å². The summed E-state index contributed by atoms with van der Waals surface area (Å²) in [5, 5.41) is 0. The van der Waals surface area contributed by atoms with Crippen molar-refractivity contribution >= 4 is 17.0 Å². The summed E-state index contributed by atoms with van der Waals surface area (Å²) >= 11 is 1.62. The molecule has 1 aromatic heterocycles. The Hall–Kier alpha value is -1.35. The molecule has 0 spiro atoms. The molecule has 2 aromatic rings. The highest BCUT2D eigenvalue weighted by Crippen LogP contribution is 2.26. The third-order valence-electron chi connectivity index (χ3n) is 2.00. The Morgan fingerprint density at radius 3 is 2.85 bits per heavy atom. The summed E-state index contributed by atoms with van der Waals surface area (Å²) < 4.78 is 0. The molecule has 2 rings (SSSR count). The quantitative estimate of drug-likeness (QED) is 0.702. The van der Waals surface area contributed by atoms with E-state index in [1.54, 1.807) is 11.3 Å². The molecule has 0 fully saturated rings. The first-order chi connectivity index (χ1) is 6.27. The van der Waals surface area contributed by atoms with Crippen molar-refractivity contribution in [3.8, 4) is 10.4 Å². The predicted octanol–water partition coefficient (Wildman–Crippen LogP) is 2.70. The molecule has 1 heterocycles. The first-order valence-electron chi connectivity index (χ1n) is 4.02. The molecular weight excluding hydrogens is 180 g/mol. The Morgan fingerprint density at radius 2 is 2.23 bits per heavy atom. The predicted molar refractivity (Wildman–Crippen MR) is 56.7 cm³/mol. The van der Waals surface area contributed by atoms with Crippen LogP contribution in [0.4, 0.5) is 5.69 Å². The number of rotatable bonds is 1. The highest BCUT2D eigenvalue weighted by Gasteiger charge is 2.00. The van der Waals surface area contributed by atoms with Gasteiger partial charge in [-0.3, -0.25) is 4.98 Å². The van der Waals surface area contributed by atoms with Crippen molar-refractivity contribution in [1.29, 1.82) is 0 Å². The van der Waals surface area contributed by atoms with Crippen LogP contribution >= 0.6 is 11.3 Å². The van der Waals surface area contributed by atoms with Gasteiger partial charge in [0.15, 0.2) is 0 Å². The van der Waals surface area contributed by atoms with Crippen LogP contribution in [0.5, 0.6) is 0 Å². The molecule has 0 radical (unpaired) electrons. The molecule has 3 heteroatoms. The minimum Gasteiger partial charge on any atom is -0.398 e. The number of nitrogens with two attached hydrogens (primary N) is 1. The van der Waals surface area contributed by atoms with E-state index in [0.29, 0.717) is 0 Å². The molecule has 0 atom stereocenters. The van der Waals surface area contributed by atoms with E-state index < -0.39 is 0 Å². The molecule has 0 saturated carbocycles. The summed E-state index contributed by atoms with van der Waals surface area (Å²) in [6.45, 7) is 2.01. The van der Waals surface area contributed by atoms with E-state index >= 15 is 0 Å². The second-order valence-electron chi connectivity index (χ2n) is 2.94. The minimum atomic E-state index is 0.839. The Morgan fingerprint density at radius 1 is 1.38 bits per heavy atom. The lowest BCUT2D eigenvalue weighted by Crippen LogP contribution is -1.88. The number of benzene rings is 1. The van der Waals surface area contributed by atoms with Gasteiger partial charge in [0.2, 0.25) is 0 Å². The fourth-order valence-electron chi connectivity index (χ4n) is 1.15. The summed E-state index contributed by atoms with van der Waals surface area (Å²) in [7, 11) is 0. The van der Waals surface area contributed by atoms with Crippen LogP contribution in [0.25, 0.3) is 10.4 Å². The Balaban J connectivity index is 2.49. The van der Waals surface area contributed by atoms with Gasteiger partial charge in [0, 0.05) is 11.9 Å². The van der Waals surface area contributed by atoms with Crippen LogP contribution in [-0.4, -0.2) is 4.98 Å². The van der Waals surface area contributed by atoms with Gasteiger partial charge < -0.3 is 5.73 Å². The van der Waals surface area contributed by atoms with E-state index in [0.717, 1.165) is 21.7 Å². The first-order valence-corrected chi connectivity index (χ1v) is 4.90. The van der Waals surface area contributed by atoms with E-state index in [-0.39, 0.29) is 0 Å². The van der Waals surface area contributed by atoms with Crippen molar-refractivity contribution in [1.82, 2.24) is 4.98 Å². The topological polar surface area (TPSA) is 38.9 Å². The standard InChI is InChI=1S/C10H10N2S/c1-7-2-3-8(4-9(7)11)10-5-12-6-13-10/h2-6H,11H2,1H3. The van der Waals surface area contributed by atoms with E-state index in [1.165, 1.54) is 0 Å². The van der Waals surface area contributed by atoms with Crippen LogP contribution in [0.2, 0.25) is 0 Å². The molecule has 2 N–H and O–H groups in total. The third-order valence-corrected chi connectivity index (χ3v) is 2.82. The Labute approximate surface area is 81.1 Å². The maximum atomic E-state index is 5.81. The van der Waals surface area contributed by atoms with Gasteiger partial charge in [-0.2, -0.15) is 0 Å². The summed E-state index contributed by atoms with van der Waals surface area (Å²) in [5.74, 6) is 0. The maximum Gasteiger partial charge on any atom is 0.0797 e. The molecule has 2 nitrogen and oxygen atoms in total. The average Bonchev–Trinajstić information content (AvgIpc) is 2.62. The fourth-order valence-corrected chi connectivity index (χ4v) is 1.77. The first kappa shape index (κ1) is 8.26. The molecule has 0 aliphatic rings. The lowest BCUT2D eigenvalue weighted by Gasteiger charge is -2.01. The van der Waals surface area contributed by atoms with Crippen molar-refractivity contribution in [3.05, 3.63) is 35.5 Å². The zero-order valence-corrected chi connectivity index (χ0v) is 8.14. The Bertz CT molecular complexity index is 407. The second kappa shape index (κ2) is 3.18. The van der Waals surface area contributed by atoms with Crippen molar-refractivity contribution in [2.24, 2.45) is 0 Å². The van der Waals surface area contributed by atoms with Crippen LogP contribution in [0.15, 0.2) is 29.9 Å². The maximum absolute atomic E-state index is 5.81. The van der Waals surface area contributed by atoms with E-state index in [4.69, 9.17) is 5.73 Å². The largest absolute Gasteiger partial charge is 0.398 e. The van der Waals surface area contributed by atoms with Crippen LogP contribution in [-0.2, 0) is 0 Å². The molecule has 0 unspecified atom stereocenters. The van der Waals surface area contributed by atoms with E-state index in [2.05, 4.69) is 11.1 Å². The number of aromatic nitrogens is 1. The lowest BCUT2D eigenvalue weighted by molar-refractivity contribution is 1.42. The van der Waals surface area contributed by atoms with Crippen LogP contribution < -0.4 is 5.73 Å². The number of hydrogen-bond donors (Lipinski definition) is 1. The van der Waals surface area contributed by atoms with Crippen molar-refractivity contribution in [3.63, 3.8) is 0 Å². The molecule has 1 aromatic carbocycles. The lowest BCUT2D eigenvalue weighted by atomic mass is 10.1. The van der Waals surface area contributed by atoms with Crippen molar-refractivity contribution < 1.29 is 0 Å². The highest BCUT2D eigenvalue weighted by molar-refractivity contribution is 7.13. The smallest absolute Gasteiger partial charge is 0.0797 e. The summed E-state index contributed by atoms with van der Waals surface area (Å²) in [6, 6.07) is 6.09. The minimum absolute atomic E-state index is 0.839. The number of aryl methyl sites for hydroxylation is 1. The Kier molecular flexibility index (Phi) is 2.02. The van der Waals surface area contributed by atoms with Gasteiger partial charge in [-0.25, -0.2) is 0 Å². The fraction of sp³-hybridized carbons (Fsp3) is 0.100. The average molecular weight is 190 g/mol. The van der Waals surface area contributed by atoms with Crippen LogP contribution in [0.3, 0.4) is 0 Å². The van der Waals surface area contributed by atoms with Gasteiger partial charge >= 0.3 is 0 Å². The zero-order chi connectivity index (χ0) is 9.26. The molecule has 0 amide bonds. The molecule has 66 valence electrons. The van der Waals surface area contributed by atoms with Gasteiger partial charge in [0.05, 0.1) is 10.4 Å². The zero-order valence-electron chi connectivity index (χ0n) is 7.32. The normalized spacial score (nSPS) is 10.2. The molecule has 0 saturated heterocycles. The molecule has 13 heavy (non-hydrogen) atoms. The van der Waals surface area contributed by atoms with E-state index in [1.807, 2.05) is 30.8 Å². The van der Waals surface area contributed by atoms with Crippen LogP contribution in [0.1, 0.15) is 5.56 Å². The third kappa shape index (κ3) is 1.55. The van der Waals surface area contributed by atoms with Crippen molar-refractivity contribution in [2.45, 2.75) is 6.92 Å². The number of hydrogen-bond acceptors (Lipinski definition) is 3. The molecule has 0 aliphatic carbocycles. The summed E-state index contributed by atoms with van der Waals surface area (Å²) in [5.41, 5.74) is 10.7. The molecule has 0 bridgehead atoms.